The molecule has 0 aliphatic rings. The zero-order valence-corrected chi connectivity index (χ0v) is 13.5. The highest BCUT2D eigenvalue weighted by Crippen LogP contribution is 2.22. The van der Waals surface area contributed by atoms with Crippen LogP contribution in [0.3, 0.4) is 0 Å². The molecule has 4 heteroatoms. The molecule has 19 heavy (non-hydrogen) atoms. The van der Waals surface area contributed by atoms with E-state index in [-0.39, 0.29) is 5.91 Å². The van der Waals surface area contributed by atoms with E-state index in [9.17, 15) is 4.79 Å². The van der Waals surface area contributed by atoms with Crippen LogP contribution in [0, 0.1) is 17.4 Å². The van der Waals surface area contributed by atoms with Crippen LogP contribution in [0.1, 0.15) is 21.5 Å². The van der Waals surface area contributed by atoms with Gasteiger partial charge in [0.25, 0.3) is 5.91 Å². The molecule has 0 atom stereocenters. The molecular weight excluding hydrogens is 373 g/mol. The Morgan fingerprint density at radius 3 is 2.68 bits per heavy atom. The molecule has 0 spiro atoms. The number of amides is 1. The number of nitrogens with one attached hydrogen (secondary N) is 1. The summed E-state index contributed by atoms with van der Waals surface area (Å²) in [5.74, 6) is -0.134. The van der Waals surface area contributed by atoms with Crippen molar-refractivity contribution in [2.75, 3.05) is 5.32 Å². The van der Waals surface area contributed by atoms with Crippen LogP contribution < -0.4 is 5.32 Å². The molecule has 0 fully saturated rings. The van der Waals surface area contributed by atoms with Crippen molar-refractivity contribution in [3.8, 4) is 0 Å². The Morgan fingerprint density at radius 1 is 1.21 bits per heavy atom. The highest BCUT2D eigenvalue weighted by molar-refractivity contribution is 14.1. The van der Waals surface area contributed by atoms with Crippen LogP contribution in [0.4, 0.5) is 5.69 Å². The van der Waals surface area contributed by atoms with Crippen LogP contribution in [0.25, 0.3) is 0 Å². The van der Waals surface area contributed by atoms with Crippen molar-refractivity contribution in [1.82, 2.24) is 0 Å². The lowest BCUT2D eigenvalue weighted by Crippen LogP contribution is -2.14. The predicted molar refractivity (Wildman–Crippen MR) is 88.0 cm³/mol. The zero-order valence-electron chi connectivity index (χ0n) is 10.6. The van der Waals surface area contributed by atoms with Gasteiger partial charge in [-0.05, 0) is 71.8 Å². The van der Waals surface area contributed by atoms with Gasteiger partial charge in [-0.2, -0.15) is 0 Å². The molecule has 0 bridgehead atoms. The van der Waals surface area contributed by atoms with Gasteiger partial charge in [0.1, 0.15) is 0 Å². The second-order valence-corrected chi connectivity index (χ2v) is 5.98. The fourth-order valence-corrected chi connectivity index (χ4v) is 2.44. The fraction of sp³-hybridized carbons (Fsp3) is 0.133. The summed E-state index contributed by atoms with van der Waals surface area (Å²) in [6.45, 7) is 3.81. The number of rotatable bonds is 2. The Bertz CT molecular complexity index is 640. The van der Waals surface area contributed by atoms with Crippen molar-refractivity contribution in [2.45, 2.75) is 13.8 Å². The molecule has 0 aliphatic heterocycles. The average molecular weight is 386 g/mol. The molecule has 0 radical (unpaired) electrons. The van der Waals surface area contributed by atoms with Gasteiger partial charge in [0.15, 0.2) is 0 Å². The topological polar surface area (TPSA) is 29.1 Å². The summed E-state index contributed by atoms with van der Waals surface area (Å²) in [5, 5.41) is 3.54. The summed E-state index contributed by atoms with van der Waals surface area (Å²) < 4.78 is 1.08. The van der Waals surface area contributed by atoms with Crippen LogP contribution in [0.5, 0.6) is 0 Å². The summed E-state index contributed by atoms with van der Waals surface area (Å²) >= 11 is 8.26. The van der Waals surface area contributed by atoms with E-state index in [4.69, 9.17) is 11.6 Å². The van der Waals surface area contributed by atoms with Gasteiger partial charge in [-0.3, -0.25) is 4.79 Å². The SMILES string of the molecule is Cc1ccc(I)cc1NC(=O)c1cccc(Cl)c1C. The van der Waals surface area contributed by atoms with Gasteiger partial charge in [0.05, 0.1) is 0 Å². The third kappa shape index (κ3) is 3.28. The quantitative estimate of drug-likeness (QED) is 0.738. The molecule has 0 saturated carbocycles. The summed E-state index contributed by atoms with van der Waals surface area (Å²) in [5.41, 5.74) is 3.26. The molecule has 2 aromatic carbocycles. The molecule has 1 N–H and O–H groups in total. The number of hydrogen-bond donors (Lipinski definition) is 1. The Morgan fingerprint density at radius 2 is 1.95 bits per heavy atom. The van der Waals surface area contributed by atoms with E-state index in [0.717, 1.165) is 20.4 Å². The van der Waals surface area contributed by atoms with Crippen LogP contribution >= 0.6 is 34.2 Å². The highest BCUT2D eigenvalue weighted by atomic mass is 127. The lowest BCUT2D eigenvalue weighted by Gasteiger charge is -2.11. The van der Waals surface area contributed by atoms with Crippen molar-refractivity contribution < 1.29 is 4.79 Å². The molecule has 1 amide bonds. The molecule has 0 aliphatic carbocycles. The van der Waals surface area contributed by atoms with E-state index in [2.05, 4.69) is 27.9 Å². The van der Waals surface area contributed by atoms with Crippen molar-refractivity contribution in [1.29, 1.82) is 0 Å². The number of carbonyl (C=O) groups is 1. The first-order valence-corrected chi connectivity index (χ1v) is 7.27. The molecule has 2 rings (SSSR count). The van der Waals surface area contributed by atoms with Gasteiger partial charge >= 0.3 is 0 Å². The van der Waals surface area contributed by atoms with E-state index >= 15 is 0 Å². The van der Waals surface area contributed by atoms with Crippen molar-refractivity contribution in [2.24, 2.45) is 0 Å². The molecule has 98 valence electrons. The first kappa shape index (κ1) is 14.3. The lowest BCUT2D eigenvalue weighted by molar-refractivity contribution is 0.102. The average Bonchev–Trinajstić information content (AvgIpc) is 2.37. The highest BCUT2D eigenvalue weighted by Gasteiger charge is 2.12. The minimum Gasteiger partial charge on any atom is -0.322 e. The Labute approximate surface area is 131 Å². The van der Waals surface area contributed by atoms with E-state index in [0.29, 0.717) is 10.6 Å². The molecule has 0 unspecified atom stereocenters. The normalized spacial score (nSPS) is 10.3. The van der Waals surface area contributed by atoms with Crippen LogP contribution in [0.2, 0.25) is 5.02 Å². The number of hydrogen-bond acceptors (Lipinski definition) is 1. The Kier molecular flexibility index (Phi) is 4.47. The van der Waals surface area contributed by atoms with Crippen LogP contribution in [-0.4, -0.2) is 5.91 Å². The van der Waals surface area contributed by atoms with Gasteiger partial charge in [-0.1, -0.05) is 23.7 Å². The van der Waals surface area contributed by atoms with E-state index in [1.54, 1.807) is 18.2 Å². The maximum absolute atomic E-state index is 12.3. The first-order chi connectivity index (χ1) is 8.99. The Balaban J connectivity index is 2.31. The molecule has 2 nitrogen and oxygen atoms in total. The first-order valence-electron chi connectivity index (χ1n) is 5.81. The van der Waals surface area contributed by atoms with Crippen molar-refractivity contribution in [3.63, 3.8) is 0 Å². The Hall–Kier alpha value is -1.07. The van der Waals surface area contributed by atoms with E-state index < -0.39 is 0 Å². The summed E-state index contributed by atoms with van der Waals surface area (Å²) in [6, 6.07) is 11.3. The summed E-state index contributed by atoms with van der Waals surface area (Å²) in [6.07, 6.45) is 0. The number of halogens is 2. The van der Waals surface area contributed by atoms with Gasteiger partial charge in [-0.15, -0.1) is 0 Å². The minimum atomic E-state index is -0.134. The fourth-order valence-electron chi connectivity index (χ4n) is 1.77. The summed E-state index contributed by atoms with van der Waals surface area (Å²) in [4.78, 5) is 12.3. The maximum Gasteiger partial charge on any atom is 0.255 e. The standard InChI is InChI=1S/C15H13ClINO/c1-9-6-7-11(17)8-14(9)18-15(19)12-4-3-5-13(16)10(12)2/h3-8H,1-2H3,(H,18,19). The van der Waals surface area contributed by atoms with Gasteiger partial charge in [-0.25, -0.2) is 0 Å². The van der Waals surface area contributed by atoms with Crippen molar-refractivity contribution >= 4 is 45.8 Å². The second-order valence-electron chi connectivity index (χ2n) is 4.33. The molecule has 0 saturated heterocycles. The number of benzene rings is 2. The van der Waals surface area contributed by atoms with Gasteiger partial charge in [0, 0.05) is 19.8 Å². The maximum atomic E-state index is 12.3. The molecule has 0 aromatic heterocycles. The van der Waals surface area contributed by atoms with E-state index in [1.807, 2.05) is 32.0 Å². The van der Waals surface area contributed by atoms with Crippen LogP contribution in [-0.2, 0) is 0 Å². The third-order valence-electron chi connectivity index (χ3n) is 2.96. The number of carbonyl (C=O) groups excluding carboxylic acids is 1. The minimum absolute atomic E-state index is 0.134. The lowest BCUT2D eigenvalue weighted by atomic mass is 10.1. The van der Waals surface area contributed by atoms with Crippen molar-refractivity contribution in [3.05, 3.63) is 61.7 Å². The predicted octanol–water partition coefficient (Wildman–Crippen LogP) is 4.81. The van der Waals surface area contributed by atoms with E-state index in [1.165, 1.54) is 0 Å². The number of aryl methyl sites for hydroxylation is 1. The van der Waals surface area contributed by atoms with Crippen LogP contribution in [0.15, 0.2) is 36.4 Å². The monoisotopic (exact) mass is 385 g/mol. The smallest absolute Gasteiger partial charge is 0.255 e. The zero-order chi connectivity index (χ0) is 14.0. The summed E-state index contributed by atoms with van der Waals surface area (Å²) in [7, 11) is 0. The number of anilines is 1. The van der Waals surface area contributed by atoms with Gasteiger partial charge in [0.2, 0.25) is 0 Å². The molecule has 2 aromatic rings. The van der Waals surface area contributed by atoms with Gasteiger partial charge < -0.3 is 5.32 Å². The molecular formula is C15H13ClINO. The second kappa shape index (κ2) is 5.92. The third-order valence-corrected chi connectivity index (χ3v) is 4.04. The largest absolute Gasteiger partial charge is 0.322 e. The molecule has 0 heterocycles.